The molecule has 0 aliphatic heterocycles. The Morgan fingerprint density at radius 1 is 1.03 bits per heavy atom. The van der Waals surface area contributed by atoms with E-state index in [1.165, 1.54) is 30.3 Å². The topological polar surface area (TPSA) is 127 Å². The number of benzene rings is 2. The standard InChI is InChI=1S/C21H27FN4O3S/c1-13(14-2-6-16(22)7-3-14)25-21(27)15-4-8-17(9-5-15)26-30(28,29)18-10-11-19(23)20(24)12-18/h2-3,6-7,10-13,15,17,26H,4-5,8-9,23-24H2,1H3,(H,25,27). The molecule has 7 nitrogen and oxygen atoms in total. The Bertz CT molecular complexity index is 1000. The van der Waals surface area contributed by atoms with E-state index in [4.69, 9.17) is 11.5 Å². The van der Waals surface area contributed by atoms with Gasteiger partial charge in [-0.25, -0.2) is 17.5 Å². The van der Waals surface area contributed by atoms with E-state index >= 15 is 0 Å². The number of nitrogens with two attached hydrogens (primary N) is 2. The summed E-state index contributed by atoms with van der Waals surface area (Å²) in [4.78, 5) is 12.7. The Kier molecular flexibility index (Phi) is 6.62. The molecule has 6 N–H and O–H groups in total. The van der Waals surface area contributed by atoms with Crippen LogP contribution in [0.15, 0.2) is 47.4 Å². The predicted molar refractivity (Wildman–Crippen MR) is 114 cm³/mol. The van der Waals surface area contributed by atoms with Gasteiger partial charge in [0.05, 0.1) is 22.3 Å². The maximum atomic E-state index is 13.1. The lowest BCUT2D eigenvalue weighted by molar-refractivity contribution is -0.126. The van der Waals surface area contributed by atoms with Gasteiger partial charge in [0.1, 0.15) is 5.82 Å². The smallest absolute Gasteiger partial charge is 0.240 e. The Morgan fingerprint density at radius 2 is 1.67 bits per heavy atom. The summed E-state index contributed by atoms with van der Waals surface area (Å²) < 4.78 is 40.9. The molecule has 2 aromatic rings. The van der Waals surface area contributed by atoms with Gasteiger partial charge in [0.2, 0.25) is 15.9 Å². The Hall–Kier alpha value is -2.65. The predicted octanol–water partition coefficient (Wildman–Crippen LogP) is 2.70. The van der Waals surface area contributed by atoms with Gasteiger partial charge in [0.15, 0.2) is 0 Å². The van der Waals surface area contributed by atoms with Crippen LogP contribution in [0.5, 0.6) is 0 Å². The van der Waals surface area contributed by atoms with Gasteiger partial charge in [0.25, 0.3) is 0 Å². The van der Waals surface area contributed by atoms with Crippen molar-refractivity contribution in [2.45, 2.75) is 49.6 Å². The highest BCUT2D eigenvalue weighted by atomic mass is 32.2. The minimum Gasteiger partial charge on any atom is -0.397 e. The number of halogens is 1. The zero-order chi connectivity index (χ0) is 21.9. The number of amides is 1. The molecule has 30 heavy (non-hydrogen) atoms. The van der Waals surface area contributed by atoms with Gasteiger partial charge in [-0.3, -0.25) is 4.79 Å². The number of hydrogen-bond donors (Lipinski definition) is 4. The van der Waals surface area contributed by atoms with Crippen LogP contribution in [0.2, 0.25) is 0 Å². The van der Waals surface area contributed by atoms with Gasteiger partial charge in [-0.05, 0) is 68.5 Å². The lowest BCUT2D eigenvalue weighted by Gasteiger charge is -2.29. The SMILES string of the molecule is CC(NC(=O)C1CCC(NS(=O)(=O)c2ccc(N)c(N)c2)CC1)c1ccc(F)cc1. The van der Waals surface area contributed by atoms with Crippen LogP contribution >= 0.6 is 0 Å². The molecule has 0 heterocycles. The van der Waals surface area contributed by atoms with E-state index in [9.17, 15) is 17.6 Å². The van der Waals surface area contributed by atoms with Crippen LogP contribution < -0.4 is 21.5 Å². The fraction of sp³-hybridized carbons (Fsp3) is 0.381. The van der Waals surface area contributed by atoms with E-state index < -0.39 is 10.0 Å². The van der Waals surface area contributed by atoms with Crippen molar-refractivity contribution in [2.75, 3.05) is 11.5 Å². The number of rotatable bonds is 6. The first-order chi connectivity index (χ1) is 14.2. The quantitative estimate of drug-likeness (QED) is 0.520. The highest BCUT2D eigenvalue weighted by Gasteiger charge is 2.30. The molecule has 1 aliphatic carbocycles. The summed E-state index contributed by atoms with van der Waals surface area (Å²) in [6, 6.07) is 9.78. The average molecular weight is 435 g/mol. The molecule has 3 rings (SSSR count). The Labute approximate surface area is 176 Å². The molecule has 0 bridgehead atoms. The molecular formula is C21H27FN4O3S. The molecule has 0 saturated heterocycles. The lowest BCUT2D eigenvalue weighted by Crippen LogP contribution is -2.41. The van der Waals surface area contributed by atoms with Crippen LogP contribution in [-0.4, -0.2) is 20.4 Å². The molecule has 1 saturated carbocycles. The van der Waals surface area contributed by atoms with Crippen LogP contribution in [0.3, 0.4) is 0 Å². The fourth-order valence-electron chi connectivity index (χ4n) is 3.65. The van der Waals surface area contributed by atoms with E-state index in [1.807, 2.05) is 6.92 Å². The lowest BCUT2D eigenvalue weighted by atomic mass is 9.85. The van der Waals surface area contributed by atoms with Crippen molar-refractivity contribution >= 4 is 27.3 Å². The van der Waals surface area contributed by atoms with Crippen molar-refractivity contribution in [2.24, 2.45) is 5.92 Å². The monoisotopic (exact) mass is 434 g/mol. The van der Waals surface area contributed by atoms with Crippen LogP contribution in [-0.2, 0) is 14.8 Å². The van der Waals surface area contributed by atoms with Gasteiger partial charge < -0.3 is 16.8 Å². The maximum Gasteiger partial charge on any atom is 0.240 e. The number of carbonyl (C=O) groups excluding carboxylic acids is 1. The zero-order valence-electron chi connectivity index (χ0n) is 16.8. The molecule has 1 atom stereocenters. The van der Waals surface area contributed by atoms with Crippen molar-refractivity contribution in [1.29, 1.82) is 0 Å². The van der Waals surface area contributed by atoms with Gasteiger partial charge in [-0.1, -0.05) is 12.1 Å². The summed E-state index contributed by atoms with van der Waals surface area (Å²) in [5.41, 5.74) is 12.7. The number of hydrogen-bond acceptors (Lipinski definition) is 5. The van der Waals surface area contributed by atoms with E-state index in [-0.39, 0.29) is 40.3 Å². The third kappa shape index (κ3) is 5.28. The largest absolute Gasteiger partial charge is 0.397 e. The summed E-state index contributed by atoms with van der Waals surface area (Å²) in [5, 5.41) is 2.96. The van der Waals surface area contributed by atoms with Crippen LogP contribution in [0.25, 0.3) is 0 Å². The summed E-state index contributed by atoms with van der Waals surface area (Å²) >= 11 is 0. The van der Waals surface area contributed by atoms with Gasteiger partial charge in [-0.15, -0.1) is 0 Å². The number of nitrogens with one attached hydrogen (secondary N) is 2. The summed E-state index contributed by atoms with van der Waals surface area (Å²) in [6.07, 6.45) is 2.29. The fourth-order valence-corrected chi connectivity index (χ4v) is 4.99. The third-order valence-corrected chi connectivity index (χ3v) is 7.04. The second-order valence-electron chi connectivity index (χ2n) is 7.74. The zero-order valence-corrected chi connectivity index (χ0v) is 17.6. The van der Waals surface area contributed by atoms with Crippen molar-refractivity contribution in [3.63, 3.8) is 0 Å². The summed E-state index contributed by atoms with van der Waals surface area (Å²) in [6.45, 7) is 1.85. The highest BCUT2D eigenvalue weighted by Crippen LogP contribution is 2.27. The van der Waals surface area contributed by atoms with Crippen LogP contribution in [0.4, 0.5) is 15.8 Å². The molecule has 1 amide bonds. The Balaban J connectivity index is 1.53. The third-order valence-electron chi connectivity index (χ3n) is 5.52. The molecular weight excluding hydrogens is 407 g/mol. The number of sulfonamides is 1. The van der Waals surface area contributed by atoms with E-state index in [2.05, 4.69) is 10.0 Å². The van der Waals surface area contributed by atoms with Crippen LogP contribution in [0.1, 0.15) is 44.2 Å². The van der Waals surface area contributed by atoms with Gasteiger partial charge in [0, 0.05) is 12.0 Å². The van der Waals surface area contributed by atoms with Crippen molar-refractivity contribution < 1.29 is 17.6 Å². The number of anilines is 2. The average Bonchev–Trinajstić information content (AvgIpc) is 2.70. The van der Waals surface area contributed by atoms with Gasteiger partial charge >= 0.3 is 0 Å². The van der Waals surface area contributed by atoms with Crippen molar-refractivity contribution in [3.8, 4) is 0 Å². The van der Waals surface area contributed by atoms with Gasteiger partial charge in [-0.2, -0.15) is 0 Å². The Morgan fingerprint density at radius 3 is 2.27 bits per heavy atom. The van der Waals surface area contributed by atoms with E-state index in [1.54, 1.807) is 12.1 Å². The maximum absolute atomic E-state index is 13.1. The highest BCUT2D eigenvalue weighted by molar-refractivity contribution is 7.89. The van der Waals surface area contributed by atoms with Crippen molar-refractivity contribution in [3.05, 3.63) is 53.8 Å². The molecule has 9 heteroatoms. The van der Waals surface area contributed by atoms with Crippen LogP contribution in [0, 0.1) is 11.7 Å². The minimum atomic E-state index is -3.71. The first-order valence-electron chi connectivity index (χ1n) is 9.89. The summed E-state index contributed by atoms with van der Waals surface area (Å²) in [5.74, 6) is -0.569. The second kappa shape index (κ2) is 9.01. The number of nitrogen functional groups attached to an aromatic ring is 2. The first-order valence-corrected chi connectivity index (χ1v) is 11.4. The second-order valence-corrected chi connectivity index (χ2v) is 9.46. The summed E-state index contributed by atoms with van der Waals surface area (Å²) in [7, 11) is -3.71. The molecule has 162 valence electrons. The molecule has 0 spiro atoms. The molecule has 1 aliphatic rings. The number of carbonyl (C=O) groups is 1. The molecule has 0 radical (unpaired) electrons. The van der Waals surface area contributed by atoms with Crippen molar-refractivity contribution in [1.82, 2.24) is 10.0 Å². The minimum absolute atomic E-state index is 0.0700. The normalized spacial score (nSPS) is 20.5. The molecule has 0 aromatic heterocycles. The van der Waals surface area contributed by atoms with E-state index in [0.29, 0.717) is 31.4 Å². The first kappa shape index (κ1) is 22.0. The van der Waals surface area contributed by atoms with E-state index in [0.717, 1.165) is 5.56 Å². The molecule has 2 aromatic carbocycles. The molecule has 1 fully saturated rings. The molecule has 1 unspecified atom stereocenters.